The van der Waals surface area contributed by atoms with Crippen molar-refractivity contribution in [3.63, 3.8) is 0 Å². The Morgan fingerprint density at radius 2 is 1.00 bits per heavy atom. The van der Waals surface area contributed by atoms with Gasteiger partial charge in [0.25, 0.3) is 0 Å². The molecule has 0 aromatic heterocycles. The van der Waals surface area contributed by atoms with E-state index in [1.54, 1.807) is 0 Å². The van der Waals surface area contributed by atoms with Gasteiger partial charge in [0.1, 0.15) is 12.6 Å². The van der Waals surface area contributed by atoms with E-state index in [1.165, 1.54) is 60.7 Å². The summed E-state index contributed by atoms with van der Waals surface area (Å²) < 4.78 is 25.3. The Morgan fingerprint density at radius 1 is 0.680 bits per heavy atom. The molecule has 128 valence electrons. The van der Waals surface area contributed by atoms with Gasteiger partial charge in [0.05, 0.1) is 19.9 Å². The van der Waals surface area contributed by atoms with E-state index in [4.69, 9.17) is 23.2 Å². The minimum absolute atomic E-state index is 0.0918. The highest BCUT2D eigenvalue weighted by Gasteiger charge is 2.17. The number of allylic oxidation sites excluding steroid dienone is 2. The summed E-state index contributed by atoms with van der Waals surface area (Å²) in [7, 11) is -3.71. The Morgan fingerprint density at radius 3 is 1.28 bits per heavy atom. The topological polar surface area (TPSA) is 68.3 Å². The summed E-state index contributed by atoms with van der Waals surface area (Å²) in [6.07, 6.45) is 3.47. The van der Waals surface area contributed by atoms with Crippen molar-refractivity contribution in [3.05, 3.63) is 71.8 Å². The van der Waals surface area contributed by atoms with Crippen LogP contribution in [0.25, 0.3) is 10.1 Å². The number of aldehydes is 2. The average Bonchev–Trinajstić information content (AvgIpc) is 2.62. The molecule has 2 rings (SSSR count). The van der Waals surface area contributed by atoms with Gasteiger partial charge in [0, 0.05) is 0 Å². The number of carbonyl (C=O) groups excluding carboxylic acids is 2. The van der Waals surface area contributed by atoms with Gasteiger partial charge in [-0.1, -0.05) is 47.5 Å². The summed E-state index contributed by atoms with van der Waals surface area (Å²) >= 11 is 11.8. The minimum Gasteiger partial charge on any atom is -0.299 e. The highest BCUT2D eigenvalue weighted by molar-refractivity contribution is 7.91. The largest absolute Gasteiger partial charge is 0.299 e. The third-order valence-corrected chi connectivity index (χ3v) is 5.78. The molecule has 0 atom stereocenters. The lowest BCUT2D eigenvalue weighted by Crippen LogP contribution is -2.02. The Balaban J connectivity index is 2.35. The number of rotatable bonds is 6. The van der Waals surface area contributed by atoms with E-state index in [1.807, 2.05) is 0 Å². The quantitative estimate of drug-likeness (QED) is 0.546. The fraction of sp³-hybridized carbons (Fsp3) is 0. The molecular weight excluding hydrogens is 383 g/mol. The van der Waals surface area contributed by atoms with Gasteiger partial charge in [-0.3, -0.25) is 9.59 Å². The van der Waals surface area contributed by atoms with Crippen molar-refractivity contribution in [2.24, 2.45) is 0 Å². The molecule has 2 aromatic rings. The highest BCUT2D eigenvalue weighted by Crippen LogP contribution is 2.26. The Kier molecular flexibility index (Phi) is 6.31. The summed E-state index contributed by atoms with van der Waals surface area (Å²) in [6.45, 7) is 0. The van der Waals surface area contributed by atoms with E-state index >= 15 is 0 Å². The lowest BCUT2D eigenvalue weighted by molar-refractivity contribution is -0.104. The molecular formula is C18H12Cl2O4S. The fourth-order valence-electron chi connectivity index (χ4n) is 2.03. The lowest BCUT2D eigenvalue weighted by atomic mass is 10.2. The normalized spacial score (nSPS) is 12.7. The Hall–Kier alpha value is -2.21. The summed E-state index contributed by atoms with van der Waals surface area (Å²) in [5.41, 5.74) is 1.07. The molecule has 0 spiro atoms. The number of carbonyl (C=O) groups is 2. The number of sulfone groups is 1. The van der Waals surface area contributed by atoms with Crippen molar-refractivity contribution in [3.8, 4) is 0 Å². The first-order valence-corrected chi connectivity index (χ1v) is 9.22. The van der Waals surface area contributed by atoms with E-state index < -0.39 is 9.84 Å². The molecule has 2 aromatic carbocycles. The van der Waals surface area contributed by atoms with Crippen molar-refractivity contribution in [2.75, 3.05) is 0 Å². The first kappa shape index (κ1) is 19.1. The lowest BCUT2D eigenvalue weighted by Gasteiger charge is -2.07. The van der Waals surface area contributed by atoms with E-state index in [-0.39, 0.29) is 19.9 Å². The van der Waals surface area contributed by atoms with Gasteiger partial charge in [-0.2, -0.15) is 0 Å². The fourth-order valence-corrected chi connectivity index (χ4v) is 3.65. The summed E-state index contributed by atoms with van der Waals surface area (Å²) in [5.74, 6) is 0. The molecule has 0 heterocycles. The van der Waals surface area contributed by atoms with Crippen LogP contribution in [0, 0.1) is 0 Å². The second-order valence-electron chi connectivity index (χ2n) is 4.85. The molecule has 0 aliphatic rings. The molecule has 7 heteroatoms. The molecule has 0 fully saturated rings. The summed E-state index contributed by atoms with van der Waals surface area (Å²) in [5, 5.41) is 0.444. The average molecular weight is 395 g/mol. The van der Waals surface area contributed by atoms with Crippen LogP contribution < -0.4 is 0 Å². The van der Waals surface area contributed by atoms with Gasteiger partial charge < -0.3 is 0 Å². The SMILES string of the molecule is O=C/C=C(/Cl)c1ccc(S(=O)(=O)c2ccc(/C(Cl)=C\C=O)cc2)cc1. The Bertz CT molecular complexity index is 868. The predicted octanol–water partition coefficient (Wildman–Crippen LogP) is 4.08. The first-order valence-electron chi connectivity index (χ1n) is 6.98. The van der Waals surface area contributed by atoms with Gasteiger partial charge in [0.2, 0.25) is 9.84 Å². The van der Waals surface area contributed by atoms with Crippen LogP contribution in [0.2, 0.25) is 0 Å². The van der Waals surface area contributed by atoms with Crippen LogP contribution in [0.15, 0.2) is 70.5 Å². The van der Waals surface area contributed by atoms with Crippen LogP contribution in [0.4, 0.5) is 0 Å². The molecule has 0 bridgehead atoms. The second kappa shape index (κ2) is 8.25. The standard InChI is InChI=1S/C18H12Cl2O4S/c19-17(9-11-21)13-1-5-15(6-2-13)25(23,24)16-7-3-14(4-8-16)18(20)10-12-22/h1-12H/b17-9+,18-10+. The predicted molar refractivity (Wildman–Crippen MR) is 98.1 cm³/mol. The third kappa shape index (κ3) is 4.45. The van der Waals surface area contributed by atoms with Gasteiger partial charge in [-0.15, -0.1) is 0 Å². The van der Waals surface area contributed by atoms with Gasteiger partial charge in [0.15, 0.2) is 0 Å². The first-order chi connectivity index (χ1) is 11.9. The zero-order chi connectivity index (χ0) is 18.4. The third-order valence-electron chi connectivity index (χ3n) is 3.31. The number of halogens is 2. The van der Waals surface area contributed by atoms with Crippen LogP contribution in [0.5, 0.6) is 0 Å². The molecule has 0 aliphatic carbocycles. The maximum absolute atomic E-state index is 12.6. The van der Waals surface area contributed by atoms with Crippen molar-refractivity contribution in [1.29, 1.82) is 0 Å². The van der Waals surface area contributed by atoms with Crippen LogP contribution in [-0.4, -0.2) is 21.0 Å². The van der Waals surface area contributed by atoms with E-state index in [9.17, 15) is 18.0 Å². The van der Waals surface area contributed by atoms with Crippen molar-refractivity contribution >= 4 is 55.7 Å². The molecule has 0 amide bonds. The molecule has 0 unspecified atom stereocenters. The monoisotopic (exact) mass is 394 g/mol. The molecule has 0 N–H and O–H groups in total. The van der Waals surface area contributed by atoms with Crippen molar-refractivity contribution in [2.45, 2.75) is 9.79 Å². The van der Waals surface area contributed by atoms with E-state index in [0.717, 1.165) is 0 Å². The van der Waals surface area contributed by atoms with Gasteiger partial charge in [-0.05, 0) is 47.5 Å². The molecule has 4 nitrogen and oxygen atoms in total. The smallest absolute Gasteiger partial charge is 0.206 e. The van der Waals surface area contributed by atoms with E-state index in [2.05, 4.69) is 0 Å². The van der Waals surface area contributed by atoms with Crippen molar-refractivity contribution < 1.29 is 18.0 Å². The van der Waals surface area contributed by atoms with E-state index in [0.29, 0.717) is 23.7 Å². The highest BCUT2D eigenvalue weighted by atomic mass is 35.5. The molecule has 0 saturated carbocycles. The zero-order valence-electron chi connectivity index (χ0n) is 12.7. The number of hydrogen-bond donors (Lipinski definition) is 0. The summed E-state index contributed by atoms with van der Waals surface area (Å²) in [4.78, 5) is 21.0. The molecule has 0 aliphatic heterocycles. The molecule has 25 heavy (non-hydrogen) atoms. The van der Waals surface area contributed by atoms with Gasteiger partial charge in [-0.25, -0.2) is 8.42 Å². The van der Waals surface area contributed by atoms with Crippen LogP contribution in [0.1, 0.15) is 11.1 Å². The van der Waals surface area contributed by atoms with Crippen LogP contribution in [-0.2, 0) is 19.4 Å². The molecule has 0 radical (unpaired) electrons. The maximum Gasteiger partial charge on any atom is 0.206 e. The minimum atomic E-state index is -3.71. The molecule has 0 saturated heterocycles. The summed E-state index contributed by atoms with van der Waals surface area (Å²) in [6, 6.07) is 11.7. The number of hydrogen-bond acceptors (Lipinski definition) is 4. The van der Waals surface area contributed by atoms with Crippen LogP contribution in [0.3, 0.4) is 0 Å². The van der Waals surface area contributed by atoms with Crippen LogP contribution >= 0.6 is 23.2 Å². The maximum atomic E-state index is 12.6. The number of benzene rings is 2. The second-order valence-corrected chi connectivity index (χ2v) is 7.62. The Labute approximate surface area is 155 Å². The van der Waals surface area contributed by atoms with Crippen molar-refractivity contribution in [1.82, 2.24) is 0 Å². The van der Waals surface area contributed by atoms with Gasteiger partial charge >= 0.3 is 0 Å². The zero-order valence-corrected chi connectivity index (χ0v) is 15.1.